The third-order valence-corrected chi connectivity index (χ3v) is 7.37. The van der Waals surface area contributed by atoms with Crippen LogP contribution < -0.4 is 15.9 Å². The van der Waals surface area contributed by atoms with Crippen LogP contribution in [0.4, 0.5) is 5.69 Å². The molecule has 2 aromatic rings. The highest BCUT2D eigenvalue weighted by Crippen LogP contribution is 2.30. The van der Waals surface area contributed by atoms with E-state index in [4.69, 9.17) is 10.6 Å². The van der Waals surface area contributed by atoms with E-state index in [1.807, 2.05) is 0 Å². The summed E-state index contributed by atoms with van der Waals surface area (Å²) in [5.41, 5.74) is 0.295. The quantitative estimate of drug-likeness (QED) is 0.486. The maximum atomic E-state index is 13.0. The number of nitrogen functional groups attached to an aromatic ring is 1. The van der Waals surface area contributed by atoms with Gasteiger partial charge < -0.3 is 15.9 Å². The molecule has 10 nitrogen and oxygen atoms in total. The molecular weight excluding hydrogens is 416 g/mol. The van der Waals surface area contributed by atoms with Crippen LogP contribution in [-0.4, -0.2) is 59.5 Å². The van der Waals surface area contributed by atoms with Gasteiger partial charge in [-0.3, -0.25) is 4.79 Å². The lowest BCUT2D eigenvalue weighted by atomic mass is 10.2. The lowest BCUT2D eigenvalue weighted by Crippen LogP contribution is -2.32. The van der Waals surface area contributed by atoms with Crippen LogP contribution in [0.25, 0.3) is 0 Å². The number of thioether (sulfide) groups is 1. The second-order valence-electron chi connectivity index (χ2n) is 6.54. The van der Waals surface area contributed by atoms with Crippen molar-refractivity contribution >= 4 is 33.4 Å². The molecule has 1 aliphatic rings. The molecule has 3 N–H and O–H groups in total. The first-order chi connectivity index (χ1) is 13.9. The summed E-state index contributed by atoms with van der Waals surface area (Å²) in [6, 6.07) is 4.48. The van der Waals surface area contributed by atoms with Crippen LogP contribution in [0.1, 0.15) is 25.7 Å². The second-order valence-corrected chi connectivity index (χ2v) is 9.42. The van der Waals surface area contributed by atoms with E-state index in [0.717, 1.165) is 37.4 Å². The highest BCUT2D eigenvalue weighted by molar-refractivity contribution is 7.99. The Morgan fingerprint density at radius 3 is 2.62 bits per heavy atom. The number of benzene rings is 1. The Hall–Kier alpha value is -2.31. The molecule has 1 fully saturated rings. The molecule has 1 aromatic carbocycles. The van der Waals surface area contributed by atoms with Gasteiger partial charge in [-0.2, -0.15) is 4.31 Å². The Labute approximate surface area is 173 Å². The molecule has 3 rings (SSSR count). The first-order valence-electron chi connectivity index (χ1n) is 9.18. The van der Waals surface area contributed by atoms with Crippen molar-refractivity contribution in [1.82, 2.24) is 19.2 Å². The monoisotopic (exact) mass is 440 g/mol. The molecule has 1 amide bonds. The van der Waals surface area contributed by atoms with Gasteiger partial charge in [0.05, 0.1) is 23.4 Å². The number of nitrogens with one attached hydrogen (secondary N) is 1. The Morgan fingerprint density at radius 1 is 1.28 bits per heavy atom. The molecule has 1 aliphatic heterocycles. The number of anilines is 1. The first kappa shape index (κ1) is 21.4. The van der Waals surface area contributed by atoms with Gasteiger partial charge in [0.1, 0.15) is 12.1 Å². The number of hydrogen-bond donors (Lipinski definition) is 2. The van der Waals surface area contributed by atoms with Gasteiger partial charge in [0, 0.05) is 13.1 Å². The molecule has 0 radical (unpaired) electrons. The van der Waals surface area contributed by atoms with Crippen molar-refractivity contribution in [3.05, 3.63) is 24.5 Å². The Morgan fingerprint density at radius 2 is 2.00 bits per heavy atom. The van der Waals surface area contributed by atoms with Crippen molar-refractivity contribution in [2.45, 2.75) is 35.7 Å². The topological polar surface area (TPSA) is 132 Å². The summed E-state index contributed by atoms with van der Waals surface area (Å²) in [6.45, 7) is 1.01. The molecule has 2 heterocycles. The number of aromatic nitrogens is 3. The summed E-state index contributed by atoms with van der Waals surface area (Å²) in [4.78, 5) is 12.5. The van der Waals surface area contributed by atoms with Gasteiger partial charge in [-0.15, -0.1) is 10.2 Å². The average Bonchev–Trinajstić information content (AvgIpc) is 2.94. The van der Waals surface area contributed by atoms with E-state index in [-0.39, 0.29) is 16.6 Å². The van der Waals surface area contributed by atoms with Crippen molar-refractivity contribution in [3.8, 4) is 5.75 Å². The normalized spacial score (nSPS) is 15.6. The van der Waals surface area contributed by atoms with Crippen LogP contribution in [0.2, 0.25) is 0 Å². The van der Waals surface area contributed by atoms with Crippen LogP contribution in [-0.2, 0) is 14.8 Å². The minimum absolute atomic E-state index is 0.0299. The maximum absolute atomic E-state index is 13.0. The fourth-order valence-electron chi connectivity index (χ4n) is 3.03. The standard InChI is InChI=1S/C17H24N6O4S2/c1-27-15-7-6-13(29(25,26)22-8-4-2-3-5-9-22)10-14(15)20-16(24)11-28-17-21-19-12-23(17)18/h6-7,10,12H,2-5,8-9,11,18H2,1H3,(H,20,24). The van der Waals surface area contributed by atoms with Gasteiger partial charge in [-0.05, 0) is 31.0 Å². The summed E-state index contributed by atoms with van der Waals surface area (Å²) in [5.74, 6) is 5.68. The van der Waals surface area contributed by atoms with Crippen molar-refractivity contribution < 1.29 is 17.9 Å². The van der Waals surface area contributed by atoms with Gasteiger partial charge in [-0.25, -0.2) is 13.1 Å². The van der Waals surface area contributed by atoms with E-state index in [1.165, 1.54) is 34.6 Å². The third kappa shape index (κ3) is 5.19. The molecule has 0 saturated carbocycles. The zero-order valence-corrected chi connectivity index (χ0v) is 17.7. The summed E-state index contributed by atoms with van der Waals surface area (Å²) in [6.07, 6.45) is 5.10. The van der Waals surface area contributed by atoms with Crippen LogP contribution in [0.3, 0.4) is 0 Å². The minimum atomic E-state index is -3.64. The van der Waals surface area contributed by atoms with E-state index in [2.05, 4.69) is 15.5 Å². The molecular formula is C17H24N6O4S2. The number of sulfonamides is 1. The molecule has 0 aliphatic carbocycles. The van der Waals surface area contributed by atoms with Crippen molar-refractivity contribution in [1.29, 1.82) is 0 Å². The largest absolute Gasteiger partial charge is 0.495 e. The van der Waals surface area contributed by atoms with Crippen molar-refractivity contribution in [2.75, 3.05) is 37.1 Å². The predicted molar refractivity (Wildman–Crippen MR) is 110 cm³/mol. The molecule has 0 spiro atoms. The van der Waals surface area contributed by atoms with E-state index in [0.29, 0.717) is 29.7 Å². The smallest absolute Gasteiger partial charge is 0.243 e. The van der Waals surface area contributed by atoms with Gasteiger partial charge in [0.15, 0.2) is 0 Å². The molecule has 12 heteroatoms. The number of rotatable bonds is 7. The highest BCUT2D eigenvalue weighted by Gasteiger charge is 2.26. The Bertz CT molecular complexity index is 955. The summed E-state index contributed by atoms with van der Waals surface area (Å²) in [7, 11) is -2.18. The fourth-order valence-corrected chi connectivity index (χ4v) is 5.21. The van der Waals surface area contributed by atoms with Gasteiger partial charge in [0.2, 0.25) is 21.1 Å². The van der Waals surface area contributed by atoms with E-state index < -0.39 is 10.0 Å². The van der Waals surface area contributed by atoms with E-state index in [1.54, 1.807) is 6.07 Å². The first-order valence-corrected chi connectivity index (χ1v) is 11.6. The number of hydrogen-bond acceptors (Lipinski definition) is 8. The number of nitrogens with zero attached hydrogens (tertiary/aromatic N) is 4. The van der Waals surface area contributed by atoms with Crippen LogP contribution >= 0.6 is 11.8 Å². The lowest BCUT2D eigenvalue weighted by Gasteiger charge is -2.21. The summed E-state index contributed by atoms with van der Waals surface area (Å²) in [5, 5.41) is 10.5. The molecule has 0 bridgehead atoms. The van der Waals surface area contributed by atoms with Crippen LogP contribution in [0.15, 0.2) is 34.6 Å². The molecule has 158 valence electrons. The number of amides is 1. The summed E-state index contributed by atoms with van der Waals surface area (Å²) < 4.78 is 34.1. The van der Waals surface area contributed by atoms with Crippen molar-refractivity contribution in [3.63, 3.8) is 0 Å². The van der Waals surface area contributed by atoms with Gasteiger partial charge in [-0.1, -0.05) is 24.6 Å². The van der Waals surface area contributed by atoms with Gasteiger partial charge >= 0.3 is 0 Å². The number of carbonyl (C=O) groups is 1. The molecule has 1 saturated heterocycles. The number of ether oxygens (including phenoxy) is 1. The Balaban J connectivity index is 1.75. The van der Waals surface area contributed by atoms with Crippen LogP contribution in [0.5, 0.6) is 5.75 Å². The third-order valence-electron chi connectivity index (χ3n) is 4.52. The van der Waals surface area contributed by atoms with Gasteiger partial charge in [0.25, 0.3) is 0 Å². The zero-order valence-electron chi connectivity index (χ0n) is 16.1. The highest BCUT2D eigenvalue weighted by atomic mass is 32.2. The number of methoxy groups -OCH3 is 1. The molecule has 0 atom stereocenters. The van der Waals surface area contributed by atoms with E-state index in [9.17, 15) is 13.2 Å². The maximum Gasteiger partial charge on any atom is 0.243 e. The zero-order chi connectivity index (χ0) is 20.9. The second kappa shape index (κ2) is 9.46. The molecule has 29 heavy (non-hydrogen) atoms. The predicted octanol–water partition coefficient (Wildman–Crippen LogP) is 1.30. The Kier molecular flexibility index (Phi) is 6.98. The molecule has 1 aromatic heterocycles. The molecule has 0 unspecified atom stereocenters. The van der Waals surface area contributed by atoms with Crippen molar-refractivity contribution in [2.24, 2.45) is 0 Å². The van der Waals surface area contributed by atoms with E-state index >= 15 is 0 Å². The lowest BCUT2D eigenvalue weighted by molar-refractivity contribution is -0.113. The number of carbonyl (C=O) groups excluding carboxylic acids is 1. The summed E-state index contributed by atoms with van der Waals surface area (Å²) >= 11 is 1.11. The minimum Gasteiger partial charge on any atom is -0.495 e. The average molecular weight is 441 g/mol. The SMILES string of the molecule is COc1ccc(S(=O)(=O)N2CCCCCC2)cc1NC(=O)CSc1nncn1N. The number of nitrogens with two attached hydrogens (primary N) is 1. The van der Waals surface area contributed by atoms with Crippen LogP contribution in [0, 0.1) is 0 Å². The fraction of sp³-hybridized carbons (Fsp3) is 0.471.